The van der Waals surface area contributed by atoms with Crippen molar-refractivity contribution in [3.63, 3.8) is 0 Å². The zero-order valence-corrected chi connectivity index (χ0v) is 17.4. The molecule has 14 heteroatoms. The van der Waals surface area contributed by atoms with Crippen LogP contribution < -0.4 is 10.6 Å². The molecule has 0 unspecified atom stereocenters. The molecule has 0 rings (SSSR count). The van der Waals surface area contributed by atoms with Crippen molar-refractivity contribution in [3.05, 3.63) is 0 Å². The Morgan fingerprint density at radius 1 is 0.719 bits per heavy atom. The standard InChI is InChI=1S/C18H34N2O12/c21-7-12(25)16(29)14(27)10(23)5-19-4-2-1-3-9(18(31)32)20-6-11(24)15(28)17(30)13(26)8-22/h9,12-17,19-22,25-30H,1-8H2,(H,31,32)/t9-,12+,13+,14+,15+,16+,17+/m0/s1. The van der Waals surface area contributed by atoms with Gasteiger partial charge in [0.25, 0.3) is 0 Å². The Balaban J connectivity index is 4.26. The summed E-state index contributed by atoms with van der Waals surface area (Å²) in [5.74, 6) is -3.03. The molecule has 14 nitrogen and oxygen atoms in total. The number of hydrogen-bond donors (Lipinski definition) is 11. The van der Waals surface area contributed by atoms with E-state index in [0.717, 1.165) is 0 Å². The number of carbonyl (C=O) groups excluding carboxylic acids is 2. The third-order valence-corrected chi connectivity index (χ3v) is 4.69. The second-order valence-corrected chi connectivity index (χ2v) is 7.25. The van der Waals surface area contributed by atoms with E-state index in [0.29, 0.717) is 12.8 Å². The molecular formula is C18H34N2O12. The highest BCUT2D eigenvalue weighted by Crippen LogP contribution is 2.05. The molecule has 0 aromatic heterocycles. The molecule has 0 aliphatic heterocycles. The second-order valence-electron chi connectivity index (χ2n) is 7.25. The molecule has 11 N–H and O–H groups in total. The first kappa shape index (κ1) is 30.4. The number of ketones is 2. The number of aliphatic hydroxyl groups excluding tert-OH is 8. The van der Waals surface area contributed by atoms with E-state index in [4.69, 9.17) is 10.2 Å². The molecule has 0 aliphatic carbocycles. The summed E-state index contributed by atoms with van der Waals surface area (Å²) in [5, 5.41) is 88.3. The molecular weight excluding hydrogens is 436 g/mol. The largest absolute Gasteiger partial charge is 0.480 e. The SMILES string of the molecule is O=C(O)[C@H](CCCCNCC(=O)[C@@H](O)[C@H](O)[C@H](O)CO)NCC(=O)[C@@H](O)[C@H](O)[C@H](O)CO. The molecule has 188 valence electrons. The molecule has 0 heterocycles. The summed E-state index contributed by atoms with van der Waals surface area (Å²) in [4.78, 5) is 34.8. The predicted molar refractivity (Wildman–Crippen MR) is 106 cm³/mol. The average Bonchev–Trinajstić information content (AvgIpc) is 2.78. The molecule has 0 radical (unpaired) electrons. The summed E-state index contributed by atoms with van der Waals surface area (Å²) >= 11 is 0. The molecule has 0 aromatic carbocycles. The monoisotopic (exact) mass is 470 g/mol. The third kappa shape index (κ3) is 10.8. The van der Waals surface area contributed by atoms with Gasteiger partial charge < -0.3 is 51.3 Å². The van der Waals surface area contributed by atoms with Gasteiger partial charge in [-0.25, -0.2) is 0 Å². The van der Waals surface area contributed by atoms with Crippen molar-refractivity contribution in [2.75, 3.05) is 32.8 Å². The van der Waals surface area contributed by atoms with E-state index in [9.17, 15) is 50.1 Å². The summed E-state index contributed by atoms with van der Waals surface area (Å²) in [6, 6.07) is -1.15. The molecule has 7 atom stereocenters. The lowest BCUT2D eigenvalue weighted by Crippen LogP contribution is -2.48. The highest BCUT2D eigenvalue weighted by Gasteiger charge is 2.31. The molecule has 32 heavy (non-hydrogen) atoms. The average molecular weight is 470 g/mol. The van der Waals surface area contributed by atoms with Gasteiger partial charge in [0.1, 0.15) is 42.7 Å². The van der Waals surface area contributed by atoms with Gasteiger partial charge in [0, 0.05) is 0 Å². The minimum absolute atomic E-state index is 0.0835. The van der Waals surface area contributed by atoms with Crippen molar-refractivity contribution < 1.29 is 60.3 Å². The lowest BCUT2D eigenvalue weighted by molar-refractivity contribution is -0.141. The van der Waals surface area contributed by atoms with E-state index in [-0.39, 0.29) is 19.5 Å². The summed E-state index contributed by atoms with van der Waals surface area (Å²) in [6.07, 6.45) is -10.2. The maximum Gasteiger partial charge on any atom is 0.320 e. The first-order valence-corrected chi connectivity index (χ1v) is 10.00. The number of carboxylic acid groups (broad SMARTS) is 1. The van der Waals surface area contributed by atoms with Crippen LogP contribution in [0.1, 0.15) is 19.3 Å². The normalized spacial score (nSPS) is 18.2. The van der Waals surface area contributed by atoms with Crippen molar-refractivity contribution >= 4 is 17.5 Å². The lowest BCUT2D eigenvalue weighted by Gasteiger charge is -2.21. The second kappa shape index (κ2) is 16.1. The van der Waals surface area contributed by atoms with Crippen LogP contribution >= 0.6 is 0 Å². The number of Topliss-reactive ketones (excluding diaryl/α,β-unsaturated/α-hetero) is 2. The van der Waals surface area contributed by atoms with Gasteiger partial charge in [0.15, 0.2) is 11.6 Å². The van der Waals surface area contributed by atoms with Crippen LogP contribution in [0.3, 0.4) is 0 Å². The van der Waals surface area contributed by atoms with Gasteiger partial charge in [0.2, 0.25) is 0 Å². The zero-order valence-electron chi connectivity index (χ0n) is 17.4. The fourth-order valence-corrected chi connectivity index (χ4v) is 2.57. The van der Waals surface area contributed by atoms with Crippen LogP contribution in [0.2, 0.25) is 0 Å². The van der Waals surface area contributed by atoms with E-state index in [1.165, 1.54) is 0 Å². The van der Waals surface area contributed by atoms with Crippen molar-refractivity contribution in [1.82, 2.24) is 10.6 Å². The summed E-state index contributed by atoms with van der Waals surface area (Å²) in [5.41, 5.74) is 0. The number of carboxylic acids is 1. The van der Waals surface area contributed by atoms with E-state index < -0.39 is 80.0 Å². The van der Waals surface area contributed by atoms with Crippen LogP contribution in [0, 0.1) is 0 Å². The molecule has 0 saturated carbocycles. The quantitative estimate of drug-likeness (QED) is 0.0786. The number of unbranched alkanes of at least 4 members (excludes halogenated alkanes) is 1. The van der Waals surface area contributed by atoms with Crippen molar-refractivity contribution in [3.8, 4) is 0 Å². The molecule has 0 aliphatic rings. The Morgan fingerprint density at radius 3 is 1.62 bits per heavy atom. The Labute approximate surface area is 184 Å². The van der Waals surface area contributed by atoms with Gasteiger partial charge in [-0.2, -0.15) is 0 Å². The number of aliphatic hydroxyl groups is 8. The highest BCUT2D eigenvalue weighted by atomic mass is 16.4. The molecule has 0 bridgehead atoms. The van der Waals surface area contributed by atoms with Crippen LogP contribution in [0.25, 0.3) is 0 Å². The maximum atomic E-state index is 11.8. The summed E-state index contributed by atoms with van der Waals surface area (Å²) in [7, 11) is 0. The Hall–Kier alpha value is -1.59. The van der Waals surface area contributed by atoms with Crippen LogP contribution in [-0.4, -0.2) is 139 Å². The number of rotatable bonds is 19. The van der Waals surface area contributed by atoms with E-state index in [1.807, 2.05) is 0 Å². The number of nitrogens with one attached hydrogen (secondary N) is 2. The van der Waals surface area contributed by atoms with Gasteiger partial charge >= 0.3 is 5.97 Å². The highest BCUT2D eigenvalue weighted by molar-refractivity contribution is 5.86. The molecule has 0 fully saturated rings. The van der Waals surface area contributed by atoms with Gasteiger partial charge in [-0.15, -0.1) is 0 Å². The Kier molecular flexibility index (Phi) is 15.3. The minimum Gasteiger partial charge on any atom is -0.480 e. The van der Waals surface area contributed by atoms with E-state index in [1.54, 1.807) is 0 Å². The Morgan fingerprint density at radius 2 is 1.19 bits per heavy atom. The number of carbonyl (C=O) groups is 3. The molecule has 0 spiro atoms. The van der Waals surface area contributed by atoms with Crippen molar-refractivity contribution in [1.29, 1.82) is 0 Å². The maximum absolute atomic E-state index is 11.8. The smallest absolute Gasteiger partial charge is 0.320 e. The van der Waals surface area contributed by atoms with Gasteiger partial charge in [-0.1, -0.05) is 6.42 Å². The number of aliphatic carboxylic acids is 1. The molecule has 0 saturated heterocycles. The van der Waals surface area contributed by atoms with E-state index in [2.05, 4.69) is 10.6 Å². The van der Waals surface area contributed by atoms with Crippen LogP contribution in [0.4, 0.5) is 0 Å². The van der Waals surface area contributed by atoms with Crippen LogP contribution in [0.5, 0.6) is 0 Å². The zero-order chi connectivity index (χ0) is 24.8. The van der Waals surface area contributed by atoms with E-state index >= 15 is 0 Å². The topological polar surface area (TPSA) is 257 Å². The fourth-order valence-electron chi connectivity index (χ4n) is 2.57. The lowest BCUT2D eigenvalue weighted by atomic mass is 10.0. The Bertz CT molecular complexity index is 578. The summed E-state index contributed by atoms with van der Waals surface area (Å²) in [6.45, 7) is -2.37. The molecule has 0 amide bonds. The van der Waals surface area contributed by atoms with Crippen LogP contribution in [-0.2, 0) is 14.4 Å². The first-order valence-electron chi connectivity index (χ1n) is 10.00. The minimum atomic E-state index is -2.01. The summed E-state index contributed by atoms with van der Waals surface area (Å²) < 4.78 is 0. The van der Waals surface area contributed by atoms with Crippen LogP contribution in [0.15, 0.2) is 0 Å². The molecule has 0 aromatic rings. The van der Waals surface area contributed by atoms with Gasteiger partial charge in [-0.3, -0.25) is 19.7 Å². The van der Waals surface area contributed by atoms with Crippen molar-refractivity contribution in [2.24, 2.45) is 0 Å². The third-order valence-electron chi connectivity index (χ3n) is 4.69. The predicted octanol–water partition coefficient (Wildman–Crippen LogP) is -5.92. The van der Waals surface area contributed by atoms with Gasteiger partial charge in [-0.05, 0) is 19.4 Å². The van der Waals surface area contributed by atoms with Gasteiger partial charge in [0.05, 0.1) is 26.3 Å². The first-order chi connectivity index (χ1) is 15.0. The van der Waals surface area contributed by atoms with Crippen molar-refractivity contribution in [2.45, 2.75) is 61.9 Å². The fraction of sp³-hybridized carbons (Fsp3) is 0.833. The number of hydrogen-bond acceptors (Lipinski definition) is 13.